The van der Waals surface area contributed by atoms with Crippen LogP contribution in [0.1, 0.15) is 12.7 Å². The summed E-state index contributed by atoms with van der Waals surface area (Å²) in [6.07, 6.45) is 2.61. The molecule has 0 aliphatic heterocycles. The first-order chi connectivity index (χ1) is 12.6. The Kier molecular flexibility index (Phi) is 5.89. The van der Waals surface area contributed by atoms with Gasteiger partial charge >= 0.3 is 5.69 Å². The van der Waals surface area contributed by atoms with Gasteiger partial charge in [0.25, 0.3) is 0 Å². The average Bonchev–Trinajstić information content (AvgIpc) is 3.26. The van der Waals surface area contributed by atoms with Crippen LogP contribution in [0.5, 0.6) is 5.75 Å². The number of thioether (sulfide) groups is 1. The molecule has 0 N–H and O–H groups in total. The molecule has 2 aromatic heterocycles. The van der Waals surface area contributed by atoms with Gasteiger partial charge in [-0.2, -0.15) is 5.10 Å². The summed E-state index contributed by atoms with van der Waals surface area (Å²) in [7, 11) is 0. The number of hydrogen-bond acceptors (Lipinski definition) is 7. The largest absolute Gasteiger partial charge is 0.486 e. The number of nitrogens with zero attached hydrogens (tertiary/aromatic N) is 6. The fourth-order valence-electron chi connectivity index (χ4n) is 2.17. The standard InChI is InChI=1S/C15H15BrN6O3S/c1-2-21-14(9-25-13-5-3-11(16)4-6-13)18-19-15(21)26-10-20-8-12(7-17-20)22(23)24/h3-8H,2,9-10H2,1H3. The fourth-order valence-corrected chi connectivity index (χ4v) is 3.31. The van der Waals surface area contributed by atoms with Crippen LogP contribution in [0.4, 0.5) is 5.69 Å². The third-order valence-electron chi connectivity index (χ3n) is 3.45. The Bertz CT molecular complexity index is 895. The Morgan fingerprint density at radius 1 is 1.31 bits per heavy atom. The lowest BCUT2D eigenvalue weighted by atomic mass is 10.3. The van der Waals surface area contributed by atoms with Gasteiger partial charge in [-0.15, -0.1) is 10.2 Å². The SMILES string of the molecule is CCn1c(COc2ccc(Br)cc2)nnc1SCn1cc([N+](=O)[O-])cn1. The average molecular weight is 439 g/mol. The normalized spacial score (nSPS) is 10.8. The smallest absolute Gasteiger partial charge is 0.307 e. The van der Waals surface area contributed by atoms with Crippen molar-refractivity contribution in [3.8, 4) is 5.75 Å². The molecule has 0 bridgehead atoms. The summed E-state index contributed by atoms with van der Waals surface area (Å²) in [5.41, 5.74) is -0.0360. The van der Waals surface area contributed by atoms with Crippen LogP contribution < -0.4 is 4.74 Å². The van der Waals surface area contributed by atoms with Crippen LogP contribution in [-0.2, 0) is 19.0 Å². The van der Waals surface area contributed by atoms with Crippen molar-refractivity contribution in [1.29, 1.82) is 0 Å². The van der Waals surface area contributed by atoms with Crippen molar-refractivity contribution < 1.29 is 9.66 Å². The predicted molar refractivity (Wildman–Crippen MR) is 98.9 cm³/mol. The van der Waals surface area contributed by atoms with Gasteiger partial charge in [0.15, 0.2) is 11.0 Å². The molecule has 0 fully saturated rings. The molecule has 11 heteroatoms. The van der Waals surface area contributed by atoms with Crippen LogP contribution in [-0.4, -0.2) is 29.5 Å². The third-order valence-corrected chi connectivity index (χ3v) is 4.93. The Balaban J connectivity index is 1.63. The lowest BCUT2D eigenvalue weighted by molar-refractivity contribution is -0.385. The van der Waals surface area contributed by atoms with Crippen LogP contribution >= 0.6 is 27.7 Å². The molecule has 3 aromatic rings. The summed E-state index contributed by atoms with van der Waals surface area (Å²) >= 11 is 4.78. The molecular weight excluding hydrogens is 424 g/mol. The summed E-state index contributed by atoms with van der Waals surface area (Å²) < 4.78 is 10.2. The number of halogens is 1. The highest BCUT2D eigenvalue weighted by molar-refractivity contribution is 9.10. The van der Waals surface area contributed by atoms with Crippen LogP contribution in [0.3, 0.4) is 0 Å². The first-order valence-electron chi connectivity index (χ1n) is 7.67. The molecule has 0 saturated heterocycles. The van der Waals surface area contributed by atoms with Gasteiger partial charge < -0.3 is 9.30 Å². The molecule has 9 nitrogen and oxygen atoms in total. The number of hydrogen-bond donors (Lipinski definition) is 0. The third kappa shape index (κ3) is 4.41. The highest BCUT2D eigenvalue weighted by atomic mass is 79.9. The number of ether oxygens (including phenoxy) is 1. The van der Waals surface area contributed by atoms with Gasteiger partial charge in [-0.3, -0.25) is 14.8 Å². The molecule has 0 aliphatic rings. The number of benzene rings is 1. The number of aromatic nitrogens is 5. The van der Waals surface area contributed by atoms with E-state index in [1.54, 1.807) is 0 Å². The molecule has 3 rings (SSSR count). The Morgan fingerprint density at radius 3 is 2.73 bits per heavy atom. The Hall–Kier alpha value is -2.40. The lowest BCUT2D eigenvalue weighted by Crippen LogP contribution is -2.07. The van der Waals surface area contributed by atoms with E-state index in [9.17, 15) is 10.1 Å². The van der Waals surface area contributed by atoms with Crippen molar-refractivity contribution in [3.63, 3.8) is 0 Å². The van der Waals surface area contributed by atoms with Crippen molar-refractivity contribution in [1.82, 2.24) is 24.5 Å². The molecule has 2 heterocycles. The molecule has 1 aromatic carbocycles. The molecule has 0 atom stereocenters. The van der Waals surface area contributed by atoms with E-state index in [1.165, 1.54) is 28.8 Å². The molecule has 0 spiro atoms. The van der Waals surface area contributed by atoms with E-state index in [-0.39, 0.29) is 5.69 Å². The van der Waals surface area contributed by atoms with Gasteiger partial charge in [-0.25, -0.2) is 0 Å². The molecule has 26 heavy (non-hydrogen) atoms. The monoisotopic (exact) mass is 438 g/mol. The molecular formula is C15H15BrN6O3S. The minimum Gasteiger partial charge on any atom is -0.486 e. The zero-order chi connectivity index (χ0) is 18.5. The lowest BCUT2D eigenvalue weighted by Gasteiger charge is -2.09. The Morgan fingerprint density at radius 2 is 2.08 bits per heavy atom. The van der Waals surface area contributed by atoms with Crippen LogP contribution in [0, 0.1) is 10.1 Å². The van der Waals surface area contributed by atoms with E-state index in [0.717, 1.165) is 10.2 Å². The molecule has 0 radical (unpaired) electrons. The number of nitro groups is 1. The molecule has 0 aliphatic carbocycles. The Labute approximate surface area is 161 Å². The quantitative estimate of drug-likeness (QED) is 0.301. The van der Waals surface area contributed by atoms with Crippen LogP contribution in [0.2, 0.25) is 0 Å². The van der Waals surface area contributed by atoms with E-state index in [0.29, 0.717) is 30.0 Å². The first-order valence-corrected chi connectivity index (χ1v) is 9.44. The van der Waals surface area contributed by atoms with Crippen molar-refractivity contribution in [2.75, 3.05) is 0 Å². The van der Waals surface area contributed by atoms with Gasteiger partial charge in [0.2, 0.25) is 0 Å². The van der Waals surface area contributed by atoms with Gasteiger partial charge in [0.1, 0.15) is 24.8 Å². The van der Waals surface area contributed by atoms with Crippen LogP contribution in [0.15, 0.2) is 46.3 Å². The van der Waals surface area contributed by atoms with Gasteiger partial charge in [0.05, 0.1) is 10.8 Å². The van der Waals surface area contributed by atoms with E-state index >= 15 is 0 Å². The van der Waals surface area contributed by atoms with Crippen molar-refractivity contribution >= 4 is 33.4 Å². The predicted octanol–water partition coefficient (Wildman–Crippen LogP) is 3.49. The van der Waals surface area contributed by atoms with Gasteiger partial charge in [-0.05, 0) is 31.2 Å². The minimum absolute atomic E-state index is 0.0360. The molecule has 0 amide bonds. The van der Waals surface area contributed by atoms with E-state index < -0.39 is 4.92 Å². The zero-order valence-corrected chi connectivity index (χ0v) is 16.2. The summed E-state index contributed by atoms with van der Waals surface area (Å²) in [5.74, 6) is 1.86. The maximum absolute atomic E-state index is 10.7. The van der Waals surface area contributed by atoms with Gasteiger partial charge in [0, 0.05) is 11.0 Å². The van der Waals surface area contributed by atoms with E-state index in [4.69, 9.17) is 4.74 Å². The number of rotatable bonds is 8. The summed E-state index contributed by atoms with van der Waals surface area (Å²) in [4.78, 5) is 10.2. The van der Waals surface area contributed by atoms with E-state index in [1.807, 2.05) is 35.8 Å². The summed E-state index contributed by atoms with van der Waals surface area (Å²) in [6, 6.07) is 7.56. The molecule has 0 unspecified atom stereocenters. The zero-order valence-electron chi connectivity index (χ0n) is 13.8. The second kappa shape index (κ2) is 8.32. The fraction of sp³-hybridized carbons (Fsp3) is 0.267. The maximum Gasteiger partial charge on any atom is 0.307 e. The van der Waals surface area contributed by atoms with Crippen molar-refractivity contribution in [2.24, 2.45) is 0 Å². The summed E-state index contributed by atoms with van der Waals surface area (Å²) in [6.45, 7) is 2.99. The van der Waals surface area contributed by atoms with Gasteiger partial charge in [-0.1, -0.05) is 27.7 Å². The van der Waals surface area contributed by atoms with Crippen molar-refractivity contribution in [3.05, 3.63) is 57.1 Å². The van der Waals surface area contributed by atoms with Crippen LogP contribution in [0.25, 0.3) is 0 Å². The summed E-state index contributed by atoms with van der Waals surface area (Å²) in [5, 5.41) is 23.7. The first kappa shape index (κ1) is 18.4. The van der Waals surface area contributed by atoms with E-state index in [2.05, 4.69) is 31.2 Å². The molecule has 136 valence electrons. The highest BCUT2D eigenvalue weighted by Gasteiger charge is 2.14. The molecule has 0 saturated carbocycles. The minimum atomic E-state index is -0.472. The second-order valence-electron chi connectivity index (χ2n) is 5.15. The topological polar surface area (TPSA) is 101 Å². The second-order valence-corrected chi connectivity index (χ2v) is 6.98. The van der Waals surface area contributed by atoms with Crippen molar-refractivity contribution in [2.45, 2.75) is 31.1 Å². The maximum atomic E-state index is 10.7. The highest BCUT2D eigenvalue weighted by Crippen LogP contribution is 2.21.